The first-order valence-electron chi connectivity index (χ1n) is 22.1. The van der Waals surface area contributed by atoms with Crippen LogP contribution < -0.4 is 25.0 Å². The van der Waals surface area contributed by atoms with Crippen LogP contribution in [0.15, 0.2) is 169 Å². The Morgan fingerprint density at radius 3 is 1.61 bits per heavy atom. The number of aromatic hydroxyl groups is 1. The van der Waals surface area contributed by atoms with Crippen LogP contribution in [-0.4, -0.2) is 105 Å². The topological polar surface area (TPSA) is 284 Å². The molecule has 8 rings (SSSR count). The van der Waals surface area contributed by atoms with Crippen molar-refractivity contribution in [1.29, 1.82) is 0 Å². The molecule has 0 heterocycles. The molecule has 0 fully saturated rings. The summed E-state index contributed by atoms with van der Waals surface area (Å²) < 4.78 is 77.8. The van der Waals surface area contributed by atoms with Crippen molar-refractivity contribution >= 4 is 160 Å². The number of halogens is 2. The third-order valence-corrected chi connectivity index (χ3v) is 12.9. The molecule has 18 nitrogen and oxygen atoms in total. The molecule has 380 valence electrons. The van der Waals surface area contributed by atoms with Gasteiger partial charge in [-0.1, -0.05) is 89.6 Å². The second-order valence-corrected chi connectivity index (χ2v) is 19.6. The summed E-state index contributed by atoms with van der Waals surface area (Å²) in [5, 5.41) is 57.9. The van der Waals surface area contributed by atoms with E-state index in [2.05, 4.69) is 30.8 Å². The fourth-order valence-electron chi connectivity index (χ4n) is 7.37. The smallest absolute Gasteiger partial charge is 0.871 e. The maximum absolute atomic E-state index is 13.4. The molecule has 1 amide bonds. The number of carbonyl (C=O) groups excluding carboxylic acids is 1. The number of hydrogen-bond donors (Lipinski definition) is 4. The molecule has 0 saturated carbocycles. The minimum atomic E-state index is -4.70. The van der Waals surface area contributed by atoms with Gasteiger partial charge >= 0.3 is 48.9 Å². The average Bonchev–Trinajstić information content (AvgIpc) is 3.34. The number of anilines is 1. The predicted molar refractivity (Wildman–Crippen MR) is 284 cm³/mol. The first kappa shape index (κ1) is 57.9. The Kier molecular flexibility index (Phi) is 19.3. The van der Waals surface area contributed by atoms with Crippen LogP contribution in [0.5, 0.6) is 23.0 Å². The zero-order valence-electron chi connectivity index (χ0n) is 40.1. The number of carbonyl (C=O) groups is 1. The number of azo groups is 2. The van der Waals surface area contributed by atoms with Gasteiger partial charge in [-0.2, -0.15) is 21.9 Å². The Labute approximate surface area is 481 Å². The molecular formula is C52H42BaCl2N6O12S2. The molecule has 0 aliphatic carbocycles. The number of phenols is 1. The molecule has 0 aromatic heterocycles. The number of amides is 1. The van der Waals surface area contributed by atoms with Gasteiger partial charge in [-0.15, -0.1) is 15.3 Å². The molecular weight excluding hydrogens is 1170 g/mol. The van der Waals surface area contributed by atoms with Gasteiger partial charge in [0.2, 0.25) is 0 Å². The number of aliphatic imine (C=N–C) groups is 1. The maximum Gasteiger partial charge on any atom is 2.00 e. The summed E-state index contributed by atoms with van der Waals surface area (Å²) in [7, 11) is -9.37. The SMILES string of the molecule is CCOc1cccc(N=C([O-])c2cc3ccccc3c(N=Nc3c(Cl)cc(C)cc3S(=O)(=O)O)c2[O-])c1.CCOc1cccc(NC(=O)c2cc3ccccc3c(N=Nc3c(Cl)cc(C)cc3S(=O)(=O)O)c2O)c1.[Ba+2]. The number of ether oxygens (including phenoxy) is 2. The summed E-state index contributed by atoms with van der Waals surface area (Å²) in [6, 6.07) is 35.1. The fraction of sp³-hybridized carbons (Fsp3) is 0.115. The van der Waals surface area contributed by atoms with E-state index in [1.807, 2.05) is 13.8 Å². The second-order valence-electron chi connectivity index (χ2n) is 16.0. The standard InChI is InChI=1S/2C26H22ClN3O6S.Ba/c2*1-3-36-18-9-6-8-17(14-18)28-26(32)20-13-16-7-4-5-10-19(16)23(25(20)31)29-30-24-21(27)11-15(2)12-22(24)37(33,34)35;/h2*4-14,31H,3H2,1-2H3,(H,28,32)(H,33,34,35);/q;;+2/p-2. The van der Waals surface area contributed by atoms with Crippen molar-refractivity contribution in [2.45, 2.75) is 37.5 Å². The Hall–Kier alpha value is -6.41. The number of nitrogens with one attached hydrogen (secondary N) is 1. The van der Waals surface area contributed by atoms with Crippen molar-refractivity contribution in [3.8, 4) is 23.0 Å². The second kappa shape index (κ2) is 25.0. The first-order valence-corrected chi connectivity index (χ1v) is 25.7. The average molecular weight is 1220 g/mol. The number of phenolic OH excluding ortho intramolecular Hbond substituents is 1. The van der Waals surface area contributed by atoms with E-state index in [9.17, 15) is 46.1 Å². The van der Waals surface area contributed by atoms with Crippen LogP contribution in [0, 0.1) is 13.8 Å². The van der Waals surface area contributed by atoms with E-state index in [1.54, 1.807) is 111 Å². The minimum Gasteiger partial charge on any atom is -0.871 e. The minimum absolute atomic E-state index is 0. The van der Waals surface area contributed by atoms with E-state index in [-0.39, 0.29) is 92.8 Å². The molecule has 8 aromatic rings. The molecule has 75 heavy (non-hydrogen) atoms. The molecule has 0 atom stereocenters. The number of aryl methyl sites for hydroxylation is 2. The van der Waals surface area contributed by atoms with E-state index in [0.717, 1.165) is 0 Å². The van der Waals surface area contributed by atoms with Gasteiger partial charge in [-0.05, 0) is 122 Å². The van der Waals surface area contributed by atoms with Gasteiger partial charge in [0.25, 0.3) is 26.1 Å². The van der Waals surface area contributed by atoms with Crippen LogP contribution >= 0.6 is 23.2 Å². The van der Waals surface area contributed by atoms with Gasteiger partial charge < -0.3 is 30.1 Å². The van der Waals surface area contributed by atoms with Gasteiger partial charge in [0, 0.05) is 28.6 Å². The van der Waals surface area contributed by atoms with Gasteiger partial charge in [0.05, 0.1) is 40.2 Å². The fourth-order valence-corrected chi connectivity index (χ4v) is 9.56. The van der Waals surface area contributed by atoms with Gasteiger partial charge in [0.15, 0.2) is 5.75 Å². The number of rotatable bonds is 14. The summed E-state index contributed by atoms with van der Waals surface area (Å²) in [5.74, 6) is -1.54. The Morgan fingerprint density at radius 2 is 1.08 bits per heavy atom. The van der Waals surface area contributed by atoms with Crippen molar-refractivity contribution in [2.24, 2.45) is 25.4 Å². The molecule has 0 bridgehead atoms. The van der Waals surface area contributed by atoms with E-state index >= 15 is 0 Å². The van der Waals surface area contributed by atoms with Gasteiger partial charge in [-0.3, -0.25) is 18.9 Å². The van der Waals surface area contributed by atoms with E-state index in [4.69, 9.17) is 32.7 Å². The zero-order valence-corrected chi connectivity index (χ0v) is 47.7. The normalized spacial score (nSPS) is 11.9. The Bertz CT molecular complexity index is 3830. The number of nitrogens with zero attached hydrogens (tertiary/aromatic N) is 5. The summed E-state index contributed by atoms with van der Waals surface area (Å²) in [6.07, 6.45) is 0. The van der Waals surface area contributed by atoms with E-state index in [0.29, 0.717) is 68.8 Å². The molecule has 0 saturated heterocycles. The molecule has 23 heteroatoms. The summed E-state index contributed by atoms with van der Waals surface area (Å²) in [5.41, 5.74) is 0.437. The Balaban J connectivity index is 0.000000241. The molecule has 0 aliphatic rings. The van der Waals surface area contributed by atoms with Crippen LogP contribution in [0.4, 0.5) is 34.1 Å². The van der Waals surface area contributed by atoms with Crippen molar-refractivity contribution in [2.75, 3.05) is 18.5 Å². The largest absolute Gasteiger partial charge is 2.00 e. The third kappa shape index (κ3) is 14.1. The van der Waals surface area contributed by atoms with Crippen LogP contribution in [0.25, 0.3) is 21.5 Å². The molecule has 0 radical (unpaired) electrons. The quantitative estimate of drug-likeness (QED) is 0.0260. The summed E-state index contributed by atoms with van der Waals surface area (Å²) in [4.78, 5) is 16.1. The number of benzene rings is 8. The van der Waals surface area contributed by atoms with E-state index < -0.39 is 53.3 Å². The third-order valence-electron chi connectivity index (χ3n) is 10.6. The zero-order chi connectivity index (χ0) is 53.5. The summed E-state index contributed by atoms with van der Waals surface area (Å²) >= 11 is 12.4. The van der Waals surface area contributed by atoms with Gasteiger partial charge in [0.1, 0.15) is 38.4 Å². The van der Waals surface area contributed by atoms with Crippen LogP contribution in [0.1, 0.15) is 40.9 Å². The predicted octanol–water partition coefficient (Wildman–Crippen LogP) is 11.8. The number of fused-ring (bicyclic) bond motifs is 2. The molecule has 0 spiro atoms. The van der Waals surface area contributed by atoms with Gasteiger partial charge in [-0.25, -0.2) is 0 Å². The first-order chi connectivity index (χ1) is 35.2. The number of hydrogen-bond acceptors (Lipinski definition) is 15. The Morgan fingerprint density at radius 1 is 0.613 bits per heavy atom. The van der Waals surface area contributed by atoms with Crippen molar-refractivity contribution < 1.29 is 55.5 Å². The summed E-state index contributed by atoms with van der Waals surface area (Å²) in [6.45, 7) is 7.76. The molecule has 8 aromatic carbocycles. The molecule has 0 unspecified atom stereocenters. The maximum atomic E-state index is 13.4. The van der Waals surface area contributed by atoms with Crippen molar-refractivity contribution in [1.82, 2.24) is 0 Å². The van der Waals surface area contributed by atoms with Crippen LogP contribution in [0.3, 0.4) is 0 Å². The van der Waals surface area contributed by atoms with Crippen molar-refractivity contribution in [3.63, 3.8) is 0 Å². The van der Waals surface area contributed by atoms with Crippen molar-refractivity contribution in [3.05, 3.63) is 166 Å². The van der Waals surface area contributed by atoms with E-state index in [1.165, 1.54) is 36.4 Å². The van der Waals surface area contributed by atoms with Crippen LogP contribution in [-0.2, 0) is 20.2 Å². The van der Waals surface area contributed by atoms with Crippen LogP contribution in [0.2, 0.25) is 10.0 Å². The molecule has 4 N–H and O–H groups in total. The molecule has 0 aliphatic heterocycles. The monoisotopic (exact) mass is 1210 g/mol.